The lowest BCUT2D eigenvalue weighted by molar-refractivity contribution is -0.124. The second kappa shape index (κ2) is 6.39. The summed E-state index contributed by atoms with van der Waals surface area (Å²) in [6, 6.07) is 7.75. The molecule has 1 aliphatic heterocycles. The largest absolute Gasteiger partial charge is 0.454 e. The Morgan fingerprint density at radius 1 is 1.38 bits per heavy atom. The standard InChI is InChI=1S/C17H20N2O4S/c1-3-13-14-6-4-5-7-15(14)23-16(13)11(2)18-19-17(20)12-8-9-24(21,22)10-12/h4-7,12H,3,8-10H2,1-2H3,(H,19,20)/b18-11-/t12-/m0/s1. The minimum absolute atomic E-state index is 0.0668. The van der Waals surface area contributed by atoms with Crippen molar-refractivity contribution in [3.05, 3.63) is 35.6 Å². The maximum absolute atomic E-state index is 12.1. The molecular formula is C17H20N2O4S. The fraction of sp³-hybridized carbons (Fsp3) is 0.412. The van der Waals surface area contributed by atoms with Gasteiger partial charge in [-0.05, 0) is 25.8 Å². The number of carbonyl (C=O) groups excluding carboxylic acids is 1. The van der Waals surface area contributed by atoms with Crippen LogP contribution in [0, 0.1) is 5.92 Å². The predicted octanol–water partition coefficient (Wildman–Crippen LogP) is 2.27. The summed E-state index contributed by atoms with van der Waals surface area (Å²) in [6.45, 7) is 3.80. The van der Waals surface area contributed by atoms with E-state index in [1.165, 1.54) is 0 Å². The number of carbonyl (C=O) groups is 1. The molecule has 1 saturated heterocycles. The van der Waals surface area contributed by atoms with E-state index in [0.29, 0.717) is 17.9 Å². The summed E-state index contributed by atoms with van der Waals surface area (Å²) in [5, 5.41) is 5.16. The summed E-state index contributed by atoms with van der Waals surface area (Å²) < 4.78 is 28.8. The van der Waals surface area contributed by atoms with Crippen molar-refractivity contribution in [3.63, 3.8) is 0 Å². The van der Waals surface area contributed by atoms with Crippen LogP contribution in [0.1, 0.15) is 31.6 Å². The smallest absolute Gasteiger partial charge is 0.244 e. The summed E-state index contributed by atoms with van der Waals surface area (Å²) in [5.74, 6) is -0.259. The van der Waals surface area contributed by atoms with Gasteiger partial charge in [0, 0.05) is 10.9 Å². The maximum Gasteiger partial charge on any atom is 0.244 e. The average molecular weight is 348 g/mol. The Morgan fingerprint density at radius 2 is 2.12 bits per heavy atom. The first kappa shape index (κ1) is 16.7. The normalized spacial score (nSPS) is 20.4. The van der Waals surface area contributed by atoms with Crippen LogP contribution < -0.4 is 5.43 Å². The second-order valence-electron chi connectivity index (χ2n) is 6.03. The number of benzene rings is 1. The number of para-hydroxylation sites is 1. The van der Waals surface area contributed by atoms with Gasteiger partial charge in [-0.1, -0.05) is 25.1 Å². The number of nitrogens with zero attached hydrogens (tertiary/aromatic N) is 1. The van der Waals surface area contributed by atoms with Gasteiger partial charge in [0.25, 0.3) is 0 Å². The molecule has 0 unspecified atom stereocenters. The van der Waals surface area contributed by atoms with Gasteiger partial charge in [0.2, 0.25) is 5.91 Å². The van der Waals surface area contributed by atoms with Crippen molar-refractivity contribution in [2.45, 2.75) is 26.7 Å². The number of rotatable bonds is 4. The molecule has 1 aliphatic rings. The summed E-state index contributed by atoms with van der Waals surface area (Å²) in [7, 11) is -3.09. The highest BCUT2D eigenvalue weighted by Crippen LogP contribution is 2.26. The Morgan fingerprint density at radius 3 is 2.79 bits per heavy atom. The van der Waals surface area contributed by atoms with E-state index in [4.69, 9.17) is 4.42 Å². The molecule has 1 fully saturated rings. The zero-order valence-corrected chi connectivity index (χ0v) is 14.5. The molecule has 128 valence electrons. The van der Waals surface area contributed by atoms with E-state index in [2.05, 4.69) is 10.5 Å². The summed E-state index contributed by atoms with van der Waals surface area (Å²) in [6.07, 6.45) is 1.14. The molecule has 0 bridgehead atoms. The van der Waals surface area contributed by atoms with E-state index in [1.807, 2.05) is 31.2 Å². The van der Waals surface area contributed by atoms with Crippen LogP contribution in [-0.2, 0) is 21.1 Å². The number of fused-ring (bicyclic) bond motifs is 1. The zero-order valence-electron chi connectivity index (χ0n) is 13.7. The molecule has 0 spiro atoms. The fourth-order valence-electron chi connectivity index (χ4n) is 3.02. The number of hydrazone groups is 1. The highest BCUT2D eigenvalue weighted by atomic mass is 32.2. The van der Waals surface area contributed by atoms with Crippen molar-refractivity contribution >= 4 is 32.4 Å². The summed E-state index contributed by atoms with van der Waals surface area (Å²) in [4.78, 5) is 12.1. The van der Waals surface area contributed by atoms with Gasteiger partial charge in [-0.25, -0.2) is 13.8 Å². The van der Waals surface area contributed by atoms with Crippen molar-refractivity contribution < 1.29 is 17.6 Å². The molecule has 0 radical (unpaired) electrons. The molecule has 1 aromatic heterocycles. The molecule has 1 N–H and O–H groups in total. The Kier molecular flexibility index (Phi) is 4.45. The van der Waals surface area contributed by atoms with Crippen molar-refractivity contribution in [2.24, 2.45) is 11.0 Å². The van der Waals surface area contributed by atoms with Gasteiger partial charge in [0.1, 0.15) is 11.3 Å². The maximum atomic E-state index is 12.1. The highest BCUT2D eigenvalue weighted by molar-refractivity contribution is 7.91. The molecule has 1 atom stereocenters. The number of aryl methyl sites for hydroxylation is 1. The van der Waals surface area contributed by atoms with Gasteiger partial charge in [-0.15, -0.1) is 0 Å². The number of furan rings is 1. The number of hydrogen-bond acceptors (Lipinski definition) is 5. The SMILES string of the molecule is CCc1c(/C(C)=N\NC(=O)[C@H]2CCS(=O)(=O)C2)oc2ccccc12. The van der Waals surface area contributed by atoms with Crippen molar-refractivity contribution in [1.82, 2.24) is 5.43 Å². The molecule has 0 aliphatic carbocycles. The molecule has 7 heteroatoms. The molecule has 24 heavy (non-hydrogen) atoms. The van der Waals surface area contributed by atoms with Gasteiger partial charge >= 0.3 is 0 Å². The summed E-state index contributed by atoms with van der Waals surface area (Å²) >= 11 is 0. The number of amides is 1. The molecule has 1 aromatic carbocycles. The van der Waals surface area contributed by atoms with Gasteiger partial charge in [0.15, 0.2) is 15.6 Å². The third-order valence-electron chi connectivity index (χ3n) is 4.32. The second-order valence-corrected chi connectivity index (χ2v) is 8.26. The lowest BCUT2D eigenvalue weighted by Crippen LogP contribution is -2.28. The first-order valence-corrected chi connectivity index (χ1v) is 9.78. The molecule has 6 nitrogen and oxygen atoms in total. The van der Waals surface area contributed by atoms with Crippen LogP contribution in [0.15, 0.2) is 33.8 Å². The molecular weight excluding hydrogens is 328 g/mol. The van der Waals surface area contributed by atoms with Crippen molar-refractivity contribution in [2.75, 3.05) is 11.5 Å². The van der Waals surface area contributed by atoms with E-state index in [-0.39, 0.29) is 17.4 Å². The Hall–Kier alpha value is -2.15. The zero-order chi connectivity index (χ0) is 17.3. The van der Waals surface area contributed by atoms with Gasteiger partial charge in [-0.2, -0.15) is 5.10 Å². The van der Waals surface area contributed by atoms with Crippen LogP contribution in [0.2, 0.25) is 0 Å². The van der Waals surface area contributed by atoms with E-state index in [0.717, 1.165) is 23.0 Å². The van der Waals surface area contributed by atoms with Crippen LogP contribution in [0.3, 0.4) is 0 Å². The number of nitrogens with one attached hydrogen (secondary N) is 1. The molecule has 3 rings (SSSR count). The fourth-order valence-corrected chi connectivity index (χ4v) is 4.77. The first-order chi connectivity index (χ1) is 11.4. The summed E-state index contributed by atoms with van der Waals surface area (Å²) in [5.41, 5.74) is 4.88. The molecule has 0 saturated carbocycles. The third kappa shape index (κ3) is 3.21. The van der Waals surface area contributed by atoms with E-state index < -0.39 is 15.8 Å². The van der Waals surface area contributed by atoms with Gasteiger partial charge in [0.05, 0.1) is 17.4 Å². The van der Waals surface area contributed by atoms with E-state index >= 15 is 0 Å². The number of sulfone groups is 1. The van der Waals surface area contributed by atoms with Crippen LogP contribution in [-0.4, -0.2) is 31.5 Å². The predicted molar refractivity (Wildman–Crippen MR) is 92.7 cm³/mol. The number of hydrogen-bond donors (Lipinski definition) is 1. The van der Waals surface area contributed by atoms with Gasteiger partial charge < -0.3 is 4.42 Å². The molecule has 2 aromatic rings. The average Bonchev–Trinajstić information content (AvgIpc) is 3.12. The monoisotopic (exact) mass is 348 g/mol. The lowest BCUT2D eigenvalue weighted by atomic mass is 10.1. The highest BCUT2D eigenvalue weighted by Gasteiger charge is 2.32. The van der Waals surface area contributed by atoms with Crippen LogP contribution in [0.25, 0.3) is 11.0 Å². The van der Waals surface area contributed by atoms with Crippen LogP contribution >= 0.6 is 0 Å². The molecule has 1 amide bonds. The topological polar surface area (TPSA) is 88.7 Å². The van der Waals surface area contributed by atoms with Crippen LogP contribution in [0.4, 0.5) is 0 Å². The van der Waals surface area contributed by atoms with Crippen LogP contribution in [0.5, 0.6) is 0 Å². The minimum atomic E-state index is -3.09. The van der Waals surface area contributed by atoms with Crippen molar-refractivity contribution in [3.8, 4) is 0 Å². The molecule has 2 heterocycles. The Labute approximate surface area is 140 Å². The van der Waals surface area contributed by atoms with E-state index in [9.17, 15) is 13.2 Å². The van der Waals surface area contributed by atoms with Crippen molar-refractivity contribution in [1.29, 1.82) is 0 Å². The van der Waals surface area contributed by atoms with Gasteiger partial charge in [-0.3, -0.25) is 4.79 Å². The minimum Gasteiger partial charge on any atom is -0.454 e. The third-order valence-corrected chi connectivity index (χ3v) is 6.09. The first-order valence-electron chi connectivity index (χ1n) is 7.96. The Balaban J connectivity index is 1.80. The Bertz CT molecular complexity index is 912. The van der Waals surface area contributed by atoms with E-state index in [1.54, 1.807) is 6.92 Å². The lowest BCUT2D eigenvalue weighted by Gasteiger charge is -2.06. The quantitative estimate of drug-likeness (QED) is 0.678.